The van der Waals surface area contributed by atoms with Crippen molar-refractivity contribution < 1.29 is 0 Å². The summed E-state index contributed by atoms with van der Waals surface area (Å²) in [6.07, 6.45) is 6.04. The van der Waals surface area contributed by atoms with Crippen LogP contribution in [-0.4, -0.2) is 17.6 Å². The third-order valence-electron chi connectivity index (χ3n) is 4.27. The van der Waals surface area contributed by atoms with Crippen LogP contribution in [0.25, 0.3) is 0 Å². The predicted octanol–water partition coefficient (Wildman–Crippen LogP) is 3.66. The monoisotopic (exact) mass is 252 g/mol. The SMILES string of the molecule is CC(CNC1CCCC(C)C1C)c1nccs1. The third kappa shape index (κ3) is 3.29. The van der Waals surface area contributed by atoms with Gasteiger partial charge in [-0.15, -0.1) is 11.3 Å². The molecule has 1 fully saturated rings. The molecule has 0 saturated heterocycles. The maximum Gasteiger partial charge on any atom is 0.0965 e. The van der Waals surface area contributed by atoms with Gasteiger partial charge in [-0.25, -0.2) is 4.98 Å². The van der Waals surface area contributed by atoms with Crippen molar-refractivity contribution >= 4 is 11.3 Å². The summed E-state index contributed by atoms with van der Waals surface area (Å²) >= 11 is 1.77. The Balaban J connectivity index is 1.81. The van der Waals surface area contributed by atoms with Crippen LogP contribution in [0, 0.1) is 11.8 Å². The minimum Gasteiger partial charge on any atom is -0.313 e. The molecule has 1 aliphatic rings. The van der Waals surface area contributed by atoms with Crippen molar-refractivity contribution in [2.24, 2.45) is 11.8 Å². The lowest BCUT2D eigenvalue weighted by atomic mass is 9.78. The minimum atomic E-state index is 0.541. The number of nitrogens with one attached hydrogen (secondary N) is 1. The van der Waals surface area contributed by atoms with Gasteiger partial charge in [-0.05, 0) is 18.3 Å². The van der Waals surface area contributed by atoms with E-state index in [1.165, 1.54) is 24.3 Å². The fourth-order valence-electron chi connectivity index (χ4n) is 2.76. The molecule has 2 nitrogen and oxygen atoms in total. The third-order valence-corrected chi connectivity index (χ3v) is 5.27. The summed E-state index contributed by atoms with van der Waals surface area (Å²) in [5.74, 6) is 2.23. The molecule has 1 N–H and O–H groups in total. The molecule has 0 spiro atoms. The normalized spacial score (nSPS) is 31.4. The van der Waals surface area contributed by atoms with Crippen LogP contribution < -0.4 is 5.32 Å². The molecule has 96 valence electrons. The van der Waals surface area contributed by atoms with E-state index in [9.17, 15) is 0 Å². The first-order valence-electron chi connectivity index (χ1n) is 6.81. The Labute approximate surface area is 109 Å². The highest BCUT2D eigenvalue weighted by Gasteiger charge is 2.26. The Hall–Kier alpha value is -0.410. The average Bonchev–Trinajstić information content (AvgIpc) is 2.84. The Morgan fingerprint density at radius 2 is 2.29 bits per heavy atom. The van der Waals surface area contributed by atoms with Gasteiger partial charge in [0.25, 0.3) is 0 Å². The number of aromatic nitrogens is 1. The van der Waals surface area contributed by atoms with Gasteiger partial charge in [0.15, 0.2) is 0 Å². The molecule has 0 radical (unpaired) electrons. The van der Waals surface area contributed by atoms with E-state index < -0.39 is 0 Å². The van der Waals surface area contributed by atoms with Gasteiger partial charge < -0.3 is 5.32 Å². The van der Waals surface area contributed by atoms with Gasteiger partial charge in [0.2, 0.25) is 0 Å². The zero-order chi connectivity index (χ0) is 12.3. The van der Waals surface area contributed by atoms with Crippen LogP contribution in [0.3, 0.4) is 0 Å². The minimum absolute atomic E-state index is 0.541. The molecule has 1 saturated carbocycles. The molecule has 1 aromatic heterocycles. The van der Waals surface area contributed by atoms with E-state index in [1.807, 2.05) is 6.20 Å². The summed E-state index contributed by atoms with van der Waals surface area (Å²) in [5, 5.41) is 7.08. The van der Waals surface area contributed by atoms with Crippen LogP contribution in [0.4, 0.5) is 0 Å². The van der Waals surface area contributed by atoms with Crippen molar-refractivity contribution in [3.8, 4) is 0 Å². The smallest absolute Gasteiger partial charge is 0.0965 e. The lowest BCUT2D eigenvalue weighted by molar-refractivity contribution is 0.205. The number of hydrogen-bond acceptors (Lipinski definition) is 3. The van der Waals surface area contributed by atoms with Gasteiger partial charge in [-0.3, -0.25) is 0 Å². The summed E-state index contributed by atoms with van der Waals surface area (Å²) in [4.78, 5) is 4.39. The second kappa shape index (κ2) is 5.96. The highest BCUT2D eigenvalue weighted by Crippen LogP contribution is 2.29. The van der Waals surface area contributed by atoms with Crippen LogP contribution in [0.5, 0.6) is 0 Å². The zero-order valence-corrected chi connectivity index (χ0v) is 12.0. The lowest BCUT2D eigenvalue weighted by Crippen LogP contribution is -2.42. The van der Waals surface area contributed by atoms with Crippen molar-refractivity contribution in [2.45, 2.75) is 52.0 Å². The number of rotatable bonds is 4. The fourth-order valence-corrected chi connectivity index (χ4v) is 3.46. The largest absolute Gasteiger partial charge is 0.313 e. The van der Waals surface area contributed by atoms with Gasteiger partial charge in [0.05, 0.1) is 5.01 Å². The molecular weight excluding hydrogens is 228 g/mol. The number of thiazole rings is 1. The Morgan fingerprint density at radius 3 is 3.00 bits per heavy atom. The van der Waals surface area contributed by atoms with E-state index in [2.05, 4.69) is 36.5 Å². The molecule has 3 heteroatoms. The molecule has 1 aromatic rings. The highest BCUT2D eigenvalue weighted by atomic mass is 32.1. The molecule has 1 heterocycles. The molecule has 0 bridgehead atoms. The first kappa shape index (κ1) is 13.0. The van der Waals surface area contributed by atoms with Gasteiger partial charge >= 0.3 is 0 Å². The molecule has 1 aliphatic carbocycles. The molecular formula is C14H24N2S. The molecule has 4 unspecified atom stereocenters. The van der Waals surface area contributed by atoms with Crippen LogP contribution in [0.15, 0.2) is 11.6 Å². The molecule has 17 heavy (non-hydrogen) atoms. The zero-order valence-electron chi connectivity index (χ0n) is 11.1. The van der Waals surface area contributed by atoms with E-state index in [-0.39, 0.29) is 0 Å². The molecule has 0 aliphatic heterocycles. The van der Waals surface area contributed by atoms with Crippen molar-refractivity contribution in [1.29, 1.82) is 0 Å². The summed E-state index contributed by atoms with van der Waals surface area (Å²) in [6.45, 7) is 8.12. The fraction of sp³-hybridized carbons (Fsp3) is 0.786. The van der Waals surface area contributed by atoms with E-state index in [4.69, 9.17) is 0 Å². The van der Waals surface area contributed by atoms with Crippen molar-refractivity contribution in [1.82, 2.24) is 10.3 Å². The highest BCUT2D eigenvalue weighted by molar-refractivity contribution is 7.09. The van der Waals surface area contributed by atoms with Crippen LogP contribution in [-0.2, 0) is 0 Å². The summed E-state index contributed by atoms with van der Waals surface area (Å²) in [5.41, 5.74) is 0. The number of nitrogens with zero attached hydrogens (tertiary/aromatic N) is 1. The molecule has 2 rings (SSSR count). The Morgan fingerprint density at radius 1 is 1.47 bits per heavy atom. The van der Waals surface area contributed by atoms with E-state index in [1.54, 1.807) is 11.3 Å². The molecule has 4 atom stereocenters. The van der Waals surface area contributed by atoms with Gasteiger partial charge in [0.1, 0.15) is 0 Å². The maximum atomic E-state index is 4.39. The summed E-state index contributed by atoms with van der Waals surface area (Å²) in [6, 6.07) is 0.709. The summed E-state index contributed by atoms with van der Waals surface area (Å²) < 4.78 is 0. The average molecular weight is 252 g/mol. The quantitative estimate of drug-likeness (QED) is 0.884. The summed E-state index contributed by atoms with van der Waals surface area (Å²) in [7, 11) is 0. The predicted molar refractivity (Wildman–Crippen MR) is 74.5 cm³/mol. The van der Waals surface area contributed by atoms with Crippen molar-refractivity contribution in [2.75, 3.05) is 6.54 Å². The van der Waals surface area contributed by atoms with Gasteiger partial charge in [0, 0.05) is 30.1 Å². The Kier molecular flexibility index (Phi) is 4.57. The number of hydrogen-bond donors (Lipinski definition) is 1. The maximum absolute atomic E-state index is 4.39. The standard InChI is InChI=1S/C14H24N2S/c1-10-5-4-6-13(12(10)3)16-9-11(2)14-15-7-8-17-14/h7-8,10-13,16H,4-6,9H2,1-3H3. The first-order chi connectivity index (χ1) is 8.18. The second-order valence-electron chi connectivity index (χ2n) is 5.55. The molecule has 0 amide bonds. The Bertz CT molecular complexity index is 323. The van der Waals surface area contributed by atoms with Crippen LogP contribution >= 0.6 is 11.3 Å². The molecule has 0 aromatic carbocycles. The van der Waals surface area contributed by atoms with Gasteiger partial charge in [-0.2, -0.15) is 0 Å². The first-order valence-corrected chi connectivity index (χ1v) is 7.69. The lowest BCUT2D eigenvalue weighted by Gasteiger charge is -2.35. The van der Waals surface area contributed by atoms with E-state index >= 15 is 0 Å². The van der Waals surface area contributed by atoms with Crippen LogP contribution in [0.1, 0.15) is 51.0 Å². The van der Waals surface area contributed by atoms with Gasteiger partial charge in [-0.1, -0.05) is 33.6 Å². The van der Waals surface area contributed by atoms with Crippen molar-refractivity contribution in [3.63, 3.8) is 0 Å². The second-order valence-corrected chi connectivity index (χ2v) is 6.48. The van der Waals surface area contributed by atoms with E-state index in [0.717, 1.165) is 18.4 Å². The van der Waals surface area contributed by atoms with Crippen molar-refractivity contribution in [3.05, 3.63) is 16.6 Å². The van der Waals surface area contributed by atoms with Crippen LogP contribution in [0.2, 0.25) is 0 Å². The van der Waals surface area contributed by atoms with E-state index in [0.29, 0.717) is 12.0 Å². The topological polar surface area (TPSA) is 24.9 Å².